The van der Waals surface area contributed by atoms with Crippen LogP contribution < -0.4 is 5.63 Å². The number of phenolic OH excluding ortho intramolecular Hbond substituents is 1. The van der Waals surface area contributed by atoms with E-state index in [1.165, 1.54) is 25.1 Å². The number of aromatic hydroxyl groups is 1. The maximum absolute atomic E-state index is 11.5. The number of rotatable bonds is 1. The first kappa shape index (κ1) is 10.2. The largest absolute Gasteiger partial charge is 0.508 e. The molecule has 1 aromatic heterocycles. The Morgan fingerprint density at radius 1 is 1.31 bits per heavy atom. The highest BCUT2D eigenvalue weighted by Gasteiger charge is 2.16. The third kappa shape index (κ3) is 1.42. The third-order valence-electron chi connectivity index (χ3n) is 2.30. The third-order valence-corrected chi connectivity index (χ3v) is 2.30. The highest BCUT2D eigenvalue weighted by molar-refractivity contribution is 6.04. The summed E-state index contributed by atoms with van der Waals surface area (Å²) < 4.78 is 4.79. The Balaban J connectivity index is 3.02. The van der Waals surface area contributed by atoms with Gasteiger partial charge in [-0.3, -0.25) is 0 Å². The Morgan fingerprint density at radius 3 is 2.62 bits per heavy atom. The minimum atomic E-state index is -1.17. The molecule has 0 radical (unpaired) electrons. The Morgan fingerprint density at radius 2 is 2.00 bits per heavy atom. The Labute approximate surface area is 89.6 Å². The average molecular weight is 220 g/mol. The van der Waals surface area contributed by atoms with Crippen molar-refractivity contribution in [2.24, 2.45) is 0 Å². The predicted molar refractivity (Wildman–Crippen MR) is 55.8 cm³/mol. The van der Waals surface area contributed by atoms with E-state index in [1.54, 1.807) is 0 Å². The molecule has 5 nitrogen and oxygen atoms in total. The van der Waals surface area contributed by atoms with Crippen molar-refractivity contribution in [3.8, 4) is 5.75 Å². The van der Waals surface area contributed by atoms with Crippen LogP contribution in [0.4, 0.5) is 0 Å². The lowest BCUT2D eigenvalue weighted by Crippen LogP contribution is -2.08. The zero-order chi connectivity index (χ0) is 11.9. The standard InChI is InChI=1S/C11H8O5/c1-5-9(10(13)14)7-3-2-6(12)4-8(7)11(15)16-5/h2-4,12H,1H3,(H,13,14). The lowest BCUT2D eigenvalue weighted by Gasteiger charge is -2.04. The molecular formula is C11H8O5. The van der Waals surface area contributed by atoms with Crippen LogP contribution in [0.15, 0.2) is 27.4 Å². The van der Waals surface area contributed by atoms with Crippen molar-refractivity contribution in [1.82, 2.24) is 0 Å². The molecular weight excluding hydrogens is 212 g/mol. The fourth-order valence-corrected chi connectivity index (χ4v) is 1.62. The van der Waals surface area contributed by atoms with Crippen molar-refractivity contribution >= 4 is 16.7 Å². The molecule has 82 valence electrons. The van der Waals surface area contributed by atoms with Crippen LogP contribution in [0.25, 0.3) is 10.8 Å². The fourth-order valence-electron chi connectivity index (χ4n) is 1.62. The van der Waals surface area contributed by atoms with Crippen molar-refractivity contribution in [3.63, 3.8) is 0 Å². The van der Waals surface area contributed by atoms with Crippen LogP contribution in [-0.2, 0) is 0 Å². The number of benzene rings is 1. The molecule has 0 bridgehead atoms. The summed E-state index contributed by atoms with van der Waals surface area (Å²) in [5.74, 6) is -1.23. The zero-order valence-electron chi connectivity index (χ0n) is 8.35. The number of hydrogen-bond donors (Lipinski definition) is 2. The van der Waals surface area contributed by atoms with E-state index in [0.29, 0.717) is 0 Å². The van der Waals surface area contributed by atoms with Gasteiger partial charge in [-0.15, -0.1) is 0 Å². The average Bonchev–Trinajstić information content (AvgIpc) is 2.18. The van der Waals surface area contributed by atoms with E-state index >= 15 is 0 Å². The summed E-state index contributed by atoms with van der Waals surface area (Å²) in [6.07, 6.45) is 0. The van der Waals surface area contributed by atoms with Crippen LogP contribution in [0.2, 0.25) is 0 Å². The minimum absolute atomic E-state index is 0.0516. The number of phenols is 1. The number of carbonyl (C=O) groups is 1. The van der Waals surface area contributed by atoms with Gasteiger partial charge in [-0.2, -0.15) is 0 Å². The molecule has 0 aliphatic heterocycles. The second kappa shape index (κ2) is 3.37. The van der Waals surface area contributed by atoms with Crippen LogP contribution in [0.3, 0.4) is 0 Å². The molecule has 2 N–H and O–H groups in total. The van der Waals surface area contributed by atoms with E-state index in [0.717, 1.165) is 0 Å². The predicted octanol–water partition coefficient (Wildman–Crippen LogP) is 1.51. The van der Waals surface area contributed by atoms with Crippen molar-refractivity contribution in [3.05, 3.63) is 39.9 Å². The van der Waals surface area contributed by atoms with Crippen molar-refractivity contribution in [1.29, 1.82) is 0 Å². The van der Waals surface area contributed by atoms with Gasteiger partial charge in [-0.25, -0.2) is 9.59 Å². The number of carboxylic acids is 1. The Kier molecular flexibility index (Phi) is 2.16. The summed E-state index contributed by atoms with van der Waals surface area (Å²) in [5, 5.41) is 18.5. The first-order chi connectivity index (χ1) is 7.50. The molecule has 0 atom stereocenters. The highest BCUT2D eigenvalue weighted by Crippen LogP contribution is 2.22. The normalized spacial score (nSPS) is 10.6. The second-order valence-corrected chi connectivity index (χ2v) is 3.36. The molecule has 1 heterocycles. The molecule has 2 rings (SSSR count). The van der Waals surface area contributed by atoms with E-state index in [1.807, 2.05) is 0 Å². The van der Waals surface area contributed by atoms with E-state index in [9.17, 15) is 14.7 Å². The van der Waals surface area contributed by atoms with Gasteiger partial charge in [-0.05, 0) is 25.1 Å². The Hall–Kier alpha value is -2.30. The van der Waals surface area contributed by atoms with Gasteiger partial charge >= 0.3 is 11.6 Å². The molecule has 0 aliphatic rings. The van der Waals surface area contributed by atoms with Crippen LogP contribution in [-0.4, -0.2) is 16.2 Å². The smallest absolute Gasteiger partial charge is 0.343 e. The summed E-state index contributed by atoms with van der Waals surface area (Å²) in [7, 11) is 0. The molecule has 2 aromatic rings. The van der Waals surface area contributed by atoms with Gasteiger partial charge in [0.15, 0.2) is 0 Å². The lowest BCUT2D eigenvalue weighted by molar-refractivity contribution is 0.0695. The van der Waals surface area contributed by atoms with Crippen molar-refractivity contribution < 1.29 is 19.4 Å². The molecule has 1 aromatic carbocycles. The highest BCUT2D eigenvalue weighted by atomic mass is 16.4. The molecule has 0 amide bonds. The first-order valence-corrected chi connectivity index (χ1v) is 4.50. The van der Waals surface area contributed by atoms with Crippen molar-refractivity contribution in [2.75, 3.05) is 0 Å². The molecule has 0 fully saturated rings. The number of carboxylic acid groups (broad SMARTS) is 1. The van der Waals surface area contributed by atoms with Crippen LogP contribution in [0, 0.1) is 6.92 Å². The summed E-state index contributed by atoms with van der Waals surface area (Å²) in [5.41, 5.74) is -0.719. The molecule has 0 unspecified atom stereocenters. The molecule has 16 heavy (non-hydrogen) atoms. The maximum Gasteiger partial charge on any atom is 0.343 e. The van der Waals surface area contributed by atoms with Crippen LogP contribution in [0.1, 0.15) is 16.1 Å². The molecule has 5 heteroatoms. The summed E-state index contributed by atoms with van der Waals surface area (Å²) in [6, 6.07) is 3.90. The van der Waals surface area contributed by atoms with Gasteiger partial charge in [0.1, 0.15) is 17.1 Å². The number of fused-ring (bicyclic) bond motifs is 1. The van der Waals surface area contributed by atoms with Gasteiger partial charge in [0.25, 0.3) is 0 Å². The van der Waals surface area contributed by atoms with Gasteiger partial charge < -0.3 is 14.6 Å². The summed E-state index contributed by atoms with van der Waals surface area (Å²) >= 11 is 0. The van der Waals surface area contributed by atoms with E-state index in [2.05, 4.69) is 0 Å². The second-order valence-electron chi connectivity index (χ2n) is 3.36. The molecule has 0 aliphatic carbocycles. The van der Waals surface area contributed by atoms with E-state index in [-0.39, 0.29) is 27.8 Å². The number of aryl methyl sites for hydroxylation is 1. The number of hydrogen-bond acceptors (Lipinski definition) is 4. The summed E-state index contributed by atoms with van der Waals surface area (Å²) in [4.78, 5) is 22.5. The van der Waals surface area contributed by atoms with Gasteiger partial charge in [0, 0.05) is 5.39 Å². The maximum atomic E-state index is 11.5. The van der Waals surface area contributed by atoms with Crippen LogP contribution >= 0.6 is 0 Å². The zero-order valence-corrected chi connectivity index (χ0v) is 8.35. The first-order valence-electron chi connectivity index (χ1n) is 4.50. The van der Waals surface area contributed by atoms with E-state index in [4.69, 9.17) is 9.52 Å². The monoisotopic (exact) mass is 220 g/mol. The van der Waals surface area contributed by atoms with Crippen molar-refractivity contribution in [2.45, 2.75) is 6.92 Å². The Bertz CT molecular complexity index is 639. The van der Waals surface area contributed by atoms with Gasteiger partial charge in [0.05, 0.1) is 5.39 Å². The topological polar surface area (TPSA) is 87.7 Å². The minimum Gasteiger partial charge on any atom is -0.508 e. The lowest BCUT2D eigenvalue weighted by atomic mass is 10.1. The summed E-state index contributed by atoms with van der Waals surface area (Å²) in [6.45, 7) is 1.41. The van der Waals surface area contributed by atoms with Gasteiger partial charge in [0.2, 0.25) is 0 Å². The molecule has 0 saturated carbocycles. The fraction of sp³-hybridized carbons (Fsp3) is 0.0909. The SMILES string of the molecule is Cc1oc(=O)c2cc(O)ccc2c1C(=O)O. The van der Waals surface area contributed by atoms with Gasteiger partial charge in [-0.1, -0.05) is 0 Å². The van der Waals surface area contributed by atoms with E-state index < -0.39 is 11.6 Å². The van der Waals surface area contributed by atoms with Crippen LogP contribution in [0.5, 0.6) is 5.75 Å². The molecule has 0 spiro atoms. The molecule has 0 saturated heterocycles. The number of aromatic carboxylic acids is 1. The quantitative estimate of drug-likeness (QED) is 0.760.